The van der Waals surface area contributed by atoms with E-state index in [2.05, 4.69) is 10.6 Å². The highest BCUT2D eigenvalue weighted by atomic mass is 32.2. The Balaban J connectivity index is 1.64. The molecule has 0 aromatic heterocycles. The van der Waals surface area contributed by atoms with Crippen LogP contribution in [0.5, 0.6) is 0 Å². The number of carbonyl (C=O) groups excluding carboxylic acids is 4. The van der Waals surface area contributed by atoms with Crippen molar-refractivity contribution in [2.24, 2.45) is 0 Å². The molecule has 1 heterocycles. The van der Waals surface area contributed by atoms with Crippen LogP contribution in [0.4, 0.5) is 11.4 Å². The molecule has 2 N–H and O–H groups in total. The number of ether oxygens (including phenoxy) is 1. The molecule has 1 aliphatic heterocycles. The fourth-order valence-corrected chi connectivity index (χ4v) is 3.34. The van der Waals surface area contributed by atoms with E-state index >= 15 is 0 Å². The molecule has 0 saturated carbocycles. The monoisotopic (exact) mass is 398 g/mol. The molecule has 0 unspecified atom stereocenters. The minimum atomic E-state index is -1.05. The molecule has 0 fully saturated rings. The molecular formula is C20H18N2O5S. The number of hydrogen-bond acceptors (Lipinski definition) is 6. The van der Waals surface area contributed by atoms with E-state index in [9.17, 15) is 19.2 Å². The van der Waals surface area contributed by atoms with Gasteiger partial charge in [-0.2, -0.15) is 0 Å². The lowest BCUT2D eigenvalue weighted by atomic mass is 10.1. The van der Waals surface area contributed by atoms with Gasteiger partial charge in [0.2, 0.25) is 5.91 Å². The number of esters is 1. The van der Waals surface area contributed by atoms with Crippen LogP contribution in [-0.2, 0) is 14.3 Å². The van der Waals surface area contributed by atoms with Crippen LogP contribution in [0.3, 0.4) is 0 Å². The Morgan fingerprint density at radius 1 is 1.14 bits per heavy atom. The van der Waals surface area contributed by atoms with Gasteiger partial charge in [-0.15, -0.1) is 11.8 Å². The van der Waals surface area contributed by atoms with Crippen molar-refractivity contribution in [1.82, 2.24) is 0 Å². The first-order valence-electron chi connectivity index (χ1n) is 8.53. The maximum absolute atomic E-state index is 12.4. The molecule has 28 heavy (non-hydrogen) atoms. The summed E-state index contributed by atoms with van der Waals surface area (Å²) >= 11 is 1.39. The van der Waals surface area contributed by atoms with Gasteiger partial charge in [0.25, 0.3) is 5.91 Å². The van der Waals surface area contributed by atoms with Crippen molar-refractivity contribution in [3.05, 3.63) is 53.6 Å². The van der Waals surface area contributed by atoms with Gasteiger partial charge in [0.05, 0.1) is 17.0 Å². The van der Waals surface area contributed by atoms with Gasteiger partial charge < -0.3 is 15.4 Å². The summed E-state index contributed by atoms with van der Waals surface area (Å²) in [6, 6.07) is 11.3. The lowest BCUT2D eigenvalue weighted by Gasteiger charge is -2.18. The van der Waals surface area contributed by atoms with Gasteiger partial charge in [-0.25, -0.2) is 4.79 Å². The van der Waals surface area contributed by atoms with Gasteiger partial charge in [0.1, 0.15) is 0 Å². The number of benzene rings is 2. The number of Topliss-reactive ketones (excluding diaryl/α,β-unsaturated/α-hetero) is 1. The van der Waals surface area contributed by atoms with Crippen LogP contribution in [0.1, 0.15) is 34.6 Å². The number of carbonyl (C=O) groups is 4. The van der Waals surface area contributed by atoms with Gasteiger partial charge in [-0.1, -0.05) is 12.1 Å². The second-order valence-electron chi connectivity index (χ2n) is 6.22. The minimum absolute atomic E-state index is 0.117. The maximum atomic E-state index is 12.4. The molecule has 2 amide bonds. The molecule has 144 valence electrons. The Labute approximate surface area is 165 Å². The molecule has 2 aromatic carbocycles. The van der Waals surface area contributed by atoms with Crippen LogP contribution in [0.2, 0.25) is 0 Å². The quantitative estimate of drug-likeness (QED) is 0.593. The van der Waals surface area contributed by atoms with Crippen LogP contribution >= 0.6 is 11.8 Å². The third-order valence-electron chi connectivity index (χ3n) is 4.04. The first-order valence-corrected chi connectivity index (χ1v) is 9.51. The zero-order valence-electron chi connectivity index (χ0n) is 15.3. The first kappa shape index (κ1) is 19.6. The summed E-state index contributed by atoms with van der Waals surface area (Å²) in [4.78, 5) is 48.5. The molecule has 1 atom stereocenters. The highest BCUT2D eigenvalue weighted by Crippen LogP contribution is 2.32. The number of amides is 2. The second kappa shape index (κ2) is 8.26. The van der Waals surface area contributed by atoms with E-state index < -0.39 is 18.0 Å². The SMILES string of the molecule is CC(=O)c1cccc(NC(=O)[C@H](C)OC(=O)c2ccc3c(c2)NC(=O)CS3)c1. The normalized spacial score (nSPS) is 13.7. The molecule has 1 aliphatic rings. The average Bonchev–Trinajstić information content (AvgIpc) is 2.67. The van der Waals surface area contributed by atoms with Crippen molar-refractivity contribution in [3.8, 4) is 0 Å². The van der Waals surface area contributed by atoms with E-state index in [1.54, 1.807) is 36.4 Å². The molecule has 3 rings (SSSR count). The number of fused-ring (bicyclic) bond motifs is 1. The molecule has 7 nitrogen and oxygen atoms in total. The van der Waals surface area contributed by atoms with E-state index in [4.69, 9.17) is 4.74 Å². The molecule has 8 heteroatoms. The summed E-state index contributed by atoms with van der Waals surface area (Å²) in [6.45, 7) is 2.89. The Morgan fingerprint density at radius 2 is 1.93 bits per heavy atom. The van der Waals surface area contributed by atoms with Crippen molar-refractivity contribution in [1.29, 1.82) is 0 Å². The van der Waals surface area contributed by atoms with E-state index in [0.29, 0.717) is 22.7 Å². The Hall–Kier alpha value is -3.13. The lowest BCUT2D eigenvalue weighted by molar-refractivity contribution is -0.123. The number of anilines is 2. The highest BCUT2D eigenvalue weighted by molar-refractivity contribution is 8.00. The Morgan fingerprint density at radius 3 is 2.68 bits per heavy atom. The number of rotatable bonds is 5. The summed E-state index contributed by atoms with van der Waals surface area (Å²) < 4.78 is 5.23. The van der Waals surface area contributed by atoms with Gasteiger partial charge >= 0.3 is 5.97 Å². The summed E-state index contributed by atoms with van der Waals surface area (Å²) in [6.07, 6.45) is -1.05. The topological polar surface area (TPSA) is 102 Å². The maximum Gasteiger partial charge on any atom is 0.338 e. The number of thioether (sulfide) groups is 1. The van der Waals surface area contributed by atoms with Crippen molar-refractivity contribution in [2.45, 2.75) is 24.8 Å². The third-order valence-corrected chi connectivity index (χ3v) is 5.11. The molecule has 0 aliphatic carbocycles. The Kier molecular flexibility index (Phi) is 5.79. The highest BCUT2D eigenvalue weighted by Gasteiger charge is 2.22. The zero-order chi connectivity index (χ0) is 20.3. The Bertz CT molecular complexity index is 973. The van der Waals surface area contributed by atoms with Gasteiger partial charge in [-0.3, -0.25) is 14.4 Å². The van der Waals surface area contributed by atoms with Crippen LogP contribution in [0.25, 0.3) is 0 Å². The number of ketones is 1. The predicted molar refractivity (Wildman–Crippen MR) is 106 cm³/mol. The third kappa shape index (κ3) is 4.58. The fraction of sp³-hybridized carbons (Fsp3) is 0.200. The number of nitrogens with one attached hydrogen (secondary N) is 2. The lowest BCUT2D eigenvalue weighted by Crippen LogP contribution is -2.30. The van der Waals surface area contributed by atoms with E-state index in [-0.39, 0.29) is 17.3 Å². The van der Waals surface area contributed by atoms with Crippen LogP contribution in [0.15, 0.2) is 47.4 Å². The van der Waals surface area contributed by atoms with E-state index in [1.807, 2.05) is 0 Å². The molecular weight excluding hydrogens is 380 g/mol. The van der Waals surface area contributed by atoms with Gasteiger partial charge in [0.15, 0.2) is 11.9 Å². The van der Waals surface area contributed by atoms with Crippen molar-refractivity contribution >= 4 is 46.7 Å². The minimum Gasteiger partial charge on any atom is -0.449 e. The van der Waals surface area contributed by atoms with Crippen molar-refractivity contribution < 1.29 is 23.9 Å². The smallest absolute Gasteiger partial charge is 0.338 e. The summed E-state index contributed by atoms with van der Waals surface area (Å²) in [5.74, 6) is -1.11. The van der Waals surface area contributed by atoms with Crippen LogP contribution in [-0.4, -0.2) is 35.4 Å². The van der Waals surface area contributed by atoms with Gasteiger partial charge in [0, 0.05) is 16.1 Å². The summed E-state index contributed by atoms with van der Waals surface area (Å²) in [5.41, 5.74) is 1.69. The van der Waals surface area contributed by atoms with Crippen LogP contribution < -0.4 is 10.6 Å². The first-order chi connectivity index (χ1) is 13.3. The summed E-state index contributed by atoms with van der Waals surface area (Å²) in [5, 5.41) is 5.32. The largest absolute Gasteiger partial charge is 0.449 e. The molecule has 0 spiro atoms. The molecule has 0 bridgehead atoms. The fourth-order valence-electron chi connectivity index (χ4n) is 2.55. The van der Waals surface area contributed by atoms with Gasteiger partial charge in [-0.05, 0) is 44.2 Å². The molecule has 0 radical (unpaired) electrons. The van der Waals surface area contributed by atoms with Crippen molar-refractivity contribution in [3.63, 3.8) is 0 Å². The number of hydrogen-bond donors (Lipinski definition) is 2. The zero-order valence-corrected chi connectivity index (χ0v) is 16.1. The predicted octanol–water partition coefficient (Wildman–Crippen LogP) is 3.12. The van der Waals surface area contributed by atoms with E-state index in [1.165, 1.54) is 31.7 Å². The molecule has 2 aromatic rings. The van der Waals surface area contributed by atoms with Crippen LogP contribution in [0, 0.1) is 0 Å². The summed E-state index contributed by atoms with van der Waals surface area (Å²) in [7, 11) is 0. The second-order valence-corrected chi connectivity index (χ2v) is 7.24. The average molecular weight is 398 g/mol. The van der Waals surface area contributed by atoms with E-state index in [0.717, 1.165) is 4.90 Å². The molecule has 0 saturated heterocycles. The van der Waals surface area contributed by atoms with Crippen molar-refractivity contribution in [2.75, 3.05) is 16.4 Å². The standard InChI is InChI=1S/C20H18N2O5S/c1-11(23)13-4-3-5-15(8-13)21-19(25)12(2)27-20(26)14-6-7-17-16(9-14)22-18(24)10-28-17/h3-9,12H,10H2,1-2H3,(H,21,25)(H,22,24)/t12-/m0/s1.